The highest BCUT2D eigenvalue weighted by molar-refractivity contribution is 6.31. The normalized spacial score (nSPS) is 20.5. The highest BCUT2D eigenvalue weighted by Crippen LogP contribution is 2.33. The zero-order chi connectivity index (χ0) is 17.1. The predicted molar refractivity (Wildman–Crippen MR) is 97.3 cm³/mol. The van der Waals surface area contributed by atoms with Gasteiger partial charge < -0.3 is 10.3 Å². The topological polar surface area (TPSA) is 66.5 Å². The van der Waals surface area contributed by atoms with Crippen molar-refractivity contribution in [2.75, 3.05) is 0 Å². The number of nitrogens with zero attached hydrogens (tertiary/aromatic N) is 3. The van der Waals surface area contributed by atoms with Crippen LogP contribution in [0.4, 0.5) is 0 Å². The number of aromatic nitrogens is 4. The molecule has 25 heavy (non-hydrogen) atoms. The molecule has 6 heteroatoms. The molecule has 0 aromatic carbocycles. The Morgan fingerprint density at radius 3 is 2.80 bits per heavy atom. The first-order chi connectivity index (χ1) is 12.3. The highest BCUT2D eigenvalue weighted by atomic mass is 35.5. The minimum absolute atomic E-state index is 0.169. The first-order valence-corrected chi connectivity index (χ1v) is 8.98. The lowest BCUT2D eigenvalue weighted by atomic mass is 9.94. The fourth-order valence-electron chi connectivity index (χ4n) is 3.40. The summed E-state index contributed by atoms with van der Waals surface area (Å²) in [6.07, 6.45) is 9.35. The smallest absolute Gasteiger partial charge is 0.112 e. The van der Waals surface area contributed by atoms with E-state index in [4.69, 9.17) is 16.6 Å². The van der Waals surface area contributed by atoms with Crippen molar-refractivity contribution in [1.29, 1.82) is 0 Å². The summed E-state index contributed by atoms with van der Waals surface area (Å²) < 4.78 is 0. The van der Waals surface area contributed by atoms with Crippen LogP contribution >= 0.6 is 11.6 Å². The molecule has 0 unspecified atom stereocenters. The van der Waals surface area contributed by atoms with Crippen molar-refractivity contribution < 1.29 is 0 Å². The summed E-state index contributed by atoms with van der Waals surface area (Å²) in [5.74, 6) is 0.930. The van der Waals surface area contributed by atoms with Crippen molar-refractivity contribution in [1.82, 2.24) is 25.3 Å². The Morgan fingerprint density at radius 2 is 1.96 bits per heavy atom. The third kappa shape index (κ3) is 3.72. The summed E-state index contributed by atoms with van der Waals surface area (Å²) in [5.41, 5.74) is 3.02. The van der Waals surface area contributed by atoms with Gasteiger partial charge in [-0.3, -0.25) is 9.97 Å². The fraction of sp³-hybridized carbons (Fsp3) is 0.316. The third-order valence-corrected chi connectivity index (χ3v) is 4.91. The summed E-state index contributed by atoms with van der Waals surface area (Å²) >= 11 is 6.33. The average Bonchev–Trinajstić information content (AvgIpc) is 3.15. The number of halogens is 1. The number of rotatable bonds is 4. The van der Waals surface area contributed by atoms with Gasteiger partial charge in [0, 0.05) is 36.7 Å². The van der Waals surface area contributed by atoms with Crippen LogP contribution in [0.3, 0.4) is 0 Å². The number of piperidine rings is 1. The van der Waals surface area contributed by atoms with Gasteiger partial charge in [0.2, 0.25) is 0 Å². The van der Waals surface area contributed by atoms with Gasteiger partial charge in [-0.05, 0) is 43.5 Å². The van der Waals surface area contributed by atoms with E-state index in [1.807, 2.05) is 24.4 Å². The van der Waals surface area contributed by atoms with E-state index >= 15 is 0 Å². The molecule has 0 saturated carbocycles. The lowest BCUT2D eigenvalue weighted by Gasteiger charge is -2.31. The number of nitrogens with one attached hydrogen (secondary N) is 2. The zero-order valence-electron chi connectivity index (χ0n) is 13.8. The maximum absolute atomic E-state index is 6.33. The molecule has 1 aliphatic rings. The van der Waals surface area contributed by atoms with Gasteiger partial charge in [-0.2, -0.15) is 0 Å². The Bertz CT molecular complexity index is 833. The molecule has 3 aromatic heterocycles. The summed E-state index contributed by atoms with van der Waals surface area (Å²) in [4.78, 5) is 16.7. The van der Waals surface area contributed by atoms with E-state index < -0.39 is 0 Å². The van der Waals surface area contributed by atoms with Crippen LogP contribution in [-0.4, -0.2) is 19.9 Å². The van der Waals surface area contributed by atoms with Gasteiger partial charge in [0.15, 0.2) is 0 Å². The first-order valence-electron chi connectivity index (χ1n) is 8.60. The molecule has 1 saturated heterocycles. The van der Waals surface area contributed by atoms with Gasteiger partial charge in [0.1, 0.15) is 5.82 Å². The van der Waals surface area contributed by atoms with Crippen LogP contribution in [0.25, 0.3) is 0 Å². The van der Waals surface area contributed by atoms with Gasteiger partial charge in [-0.25, -0.2) is 4.98 Å². The van der Waals surface area contributed by atoms with E-state index in [0.717, 1.165) is 47.2 Å². The van der Waals surface area contributed by atoms with E-state index in [1.165, 1.54) is 0 Å². The van der Waals surface area contributed by atoms with Crippen LogP contribution in [-0.2, 0) is 6.42 Å². The Hall–Kier alpha value is -2.24. The molecule has 0 aliphatic carbocycles. The molecule has 1 fully saturated rings. The zero-order valence-corrected chi connectivity index (χ0v) is 14.6. The van der Waals surface area contributed by atoms with E-state index in [9.17, 15) is 0 Å². The van der Waals surface area contributed by atoms with E-state index in [-0.39, 0.29) is 12.1 Å². The summed E-state index contributed by atoms with van der Waals surface area (Å²) in [5, 5.41) is 4.40. The van der Waals surface area contributed by atoms with E-state index in [2.05, 4.69) is 32.4 Å². The fourth-order valence-corrected chi connectivity index (χ4v) is 3.65. The molecule has 0 spiro atoms. The molecule has 0 amide bonds. The van der Waals surface area contributed by atoms with Gasteiger partial charge in [-0.15, -0.1) is 0 Å². The Balaban J connectivity index is 1.52. The average molecular weight is 354 g/mol. The third-order valence-electron chi connectivity index (χ3n) is 4.59. The second-order valence-electron chi connectivity index (χ2n) is 6.34. The molecule has 4 rings (SSSR count). The molecule has 128 valence electrons. The van der Waals surface area contributed by atoms with Gasteiger partial charge in [0.25, 0.3) is 0 Å². The maximum Gasteiger partial charge on any atom is 0.112 e. The largest absolute Gasteiger partial charge is 0.348 e. The number of aromatic amines is 1. The van der Waals surface area contributed by atoms with Crippen molar-refractivity contribution >= 4 is 11.6 Å². The number of pyridine rings is 2. The molecular weight excluding hydrogens is 334 g/mol. The number of imidazole rings is 1. The Kier molecular flexibility index (Phi) is 4.76. The molecule has 0 bridgehead atoms. The molecule has 5 nitrogen and oxygen atoms in total. The predicted octanol–water partition coefficient (Wildman–Crippen LogP) is 4.00. The molecule has 2 N–H and O–H groups in total. The summed E-state index contributed by atoms with van der Waals surface area (Å²) in [7, 11) is 0. The van der Waals surface area contributed by atoms with Crippen molar-refractivity contribution in [3.05, 3.63) is 76.9 Å². The molecule has 4 heterocycles. The lowest BCUT2D eigenvalue weighted by Crippen LogP contribution is -2.32. The second-order valence-corrected chi connectivity index (χ2v) is 6.75. The van der Waals surface area contributed by atoms with Crippen LogP contribution in [0.5, 0.6) is 0 Å². The van der Waals surface area contributed by atoms with Gasteiger partial charge in [-0.1, -0.05) is 17.7 Å². The van der Waals surface area contributed by atoms with Crippen molar-refractivity contribution in [2.24, 2.45) is 0 Å². The van der Waals surface area contributed by atoms with Crippen molar-refractivity contribution in [3.63, 3.8) is 0 Å². The molecule has 0 radical (unpaired) electrons. The summed E-state index contributed by atoms with van der Waals surface area (Å²) in [6, 6.07) is 10.4. The Labute approximate surface area is 151 Å². The van der Waals surface area contributed by atoms with Crippen LogP contribution in [0.1, 0.15) is 54.3 Å². The first kappa shape index (κ1) is 16.2. The van der Waals surface area contributed by atoms with Crippen LogP contribution in [0, 0.1) is 0 Å². The van der Waals surface area contributed by atoms with Crippen LogP contribution in [0.15, 0.2) is 48.9 Å². The van der Waals surface area contributed by atoms with Crippen molar-refractivity contribution in [2.45, 2.75) is 37.8 Å². The standard InChI is InChI=1S/C19H20ClN5/c20-14-5-3-9-23-19(14)17-8-2-7-16(25-17)15-6-1-4-13(24-15)12-18-21-10-11-22-18/h1,3-6,9-11,16-17,25H,2,7-8,12H2,(H,21,22)/t16-,17+/m1/s1. The van der Waals surface area contributed by atoms with Crippen LogP contribution < -0.4 is 5.32 Å². The molecule has 2 atom stereocenters. The Morgan fingerprint density at radius 1 is 1.04 bits per heavy atom. The molecule has 1 aliphatic heterocycles. The molecular formula is C19H20ClN5. The second kappa shape index (κ2) is 7.33. The summed E-state index contributed by atoms with van der Waals surface area (Å²) in [6.45, 7) is 0. The van der Waals surface area contributed by atoms with E-state index in [1.54, 1.807) is 12.4 Å². The highest BCUT2D eigenvalue weighted by Gasteiger charge is 2.26. The lowest BCUT2D eigenvalue weighted by molar-refractivity contribution is 0.321. The van der Waals surface area contributed by atoms with Crippen molar-refractivity contribution in [3.8, 4) is 0 Å². The maximum atomic E-state index is 6.33. The van der Waals surface area contributed by atoms with Gasteiger partial charge in [0.05, 0.1) is 22.5 Å². The number of hydrogen-bond acceptors (Lipinski definition) is 4. The van der Waals surface area contributed by atoms with E-state index in [0.29, 0.717) is 6.42 Å². The minimum Gasteiger partial charge on any atom is -0.348 e. The number of hydrogen-bond donors (Lipinski definition) is 2. The number of H-pyrrole nitrogens is 1. The molecule has 3 aromatic rings. The monoisotopic (exact) mass is 353 g/mol. The minimum atomic E-state index is 0.169. The van der Waals surface area contributed by atoms with Gasteiger partial charge >= 0.3 is 0 Å². The van der Waals surface area contributed by atoms with Crippen LogP contribution in [0.2, 0.25) is 5.02 Å². The SMILES string of the molecule is Clc1cccnc1[C@@H]1CCC[C@H](c2cccc(Cc3ncc[nH]3)n2)N1. The quantitative estimate of drug-likeness (QED) is 0.744.